The smallest absolute Gasteiger partial charge is 0.328 e. The van der Waals surface area contributed by atoms with Crippen LogP contribution in [0.2, 0.25) is 0 Å². The number of aldehydes is 1. The van der Waals surface area contributed by atoms with Gasteiger partial charge < -0.3 is 15.4 Å². The highest BCUT2D eigenvalue weighted by atomic mass is 19.1. The van der Waals surface area contributed by atoms with Gasteiger partial charge in [-0.25, -0.2) is 18.6 Å². The molecule has 0 unspecified atom stereocenters. The lowest BCUT2D eigenvalue weighted by molar-refractivity contribution is -0.115. The first-order chi connectivity index (χ1) is 18.7. The van der Waals surface area contributed by atoms with Crippen LogP contribution in [0.5, 0.6) is 11.5 Å². The zero-order valence-corrected chi connectivity index (χ0v) is 21.6. The minimum Gasteiger partial charge on any atom is -0.454 e. The zero-order valence-electron chi connectivity index (χ0n) is 21.6. The van der Waals surface area contributed by atoms with Crippen LogP contribution in [0.15, 0.2) is 66.5 Å². The molecule has 0 spiro atoms. The molecule has 1 aliphatic rings. The van der Waals surface area contributed by atoms with E-state index in [4.69, 9.17) is 4.74 Å². The van der Waals surface area contributed by atoms with Crippen LogP contribution in [0, 0.1) is 11.6 Å². The van der Waals surface area contributed by atoms with Crippen molar-refractivity contribution in [1.29, 1.82) is 0 Å². The van der Waals surface area contributed by atoms with E-state index >= 15 is 0 Å². The highest BCUT2D eigenvalue weighted by Crippen LogP contribution is 2.34. The van der Waals surface area contributed by atoms with E-state index in [9.17, 15) is 23.2 Å². The van der Waals surface area contributed by atoms with Crippen molar-refractivity contribution in [3.63, 3.8) is 0 Å². The van der Waals surface area contributed by atoms with Crippen molar-refractivity contribution in [2.75, 3.05) is 29.1 Å². The van der Waals surface area contributed by atoms with E-state index < -0.39 is 29.6 Å². The molecule has 0 radical (unpaired) electrons. The average molecular weight is 536 g/mol. The molecule has 2 heterocycles. The van der Waals surface area contributed by atoms with E-state index in [-0.39, 0.29) is 17.0 Å². The normalized spacial score (nSPS) is 12.4. The number of carbonyl (C=O) groups is 3. The number of rotatable bonds is 8. The Morgan fingerprint density at radius 2 is 1.85 bits per heavy atom. The monoisotopic (exact) mass is 535 g/mol. The standard InChI is InChI=1S/C28H27F2N5O4/c1-17(2)35(28(38)34(3)21-7-4-19(29)5-8-21)15-18(16-36)27(37)33-20-6-9-25(23(30)14-20)39-24-11-13-32-26-22(24)10-12-31-26/h4-9,11,13-17H,10,12H2,1-3H3,(H,31,32)(H,33,37)/b18-15+. The average Bonchev–Trinajstić information content (AvgIpc) is 3.40. The Morgan fingerprint density at radius 3 is 2.51 bits per heavy atom. The van der Waals surface area contributed by atoms with Crippen LogP contribution in [-0.4, -0.2) is 47.7 Å². The number of hydrogen-bond acceptors (Lipinski definition) is 6. The Morgan fingerprint density at radius 1 is 1.10 bits per heavy atom. The second-order valence-corrected chi connectivity index (χ2v) is 9.04. The quantitative estimate of drug-likeness (QED) is 0.180. The Labute approximate surface area is 224 Å². The summed E-state index contributed by atoms with van der Waals surface area (Å²) in [7, 11) is 1.49. The number of pyridine rings is 1. The van der Waals surface area contributed by atoms with E-state index in [0.29, 0.717) is 36.5 Å². The molecular formula is C28H27F2N5O4. The number of benzene rings is 2. The first-order valence-electron chi connectivity index (χ1n) is 12.2. The summed E-state index contributed by atoms with van der Waals surface area (Å²) in [6.45, 7) is 4.12. The molecule has 1 aromatic heterocycles. The zero-order chi connectivity index (χ0) is 28.1. The molecule has 9 nitrogen and oxygen atoms in total. The minimum absolute atomic E-state index is 0.0418. The topological polar surface area (TPSA) is 104 Å². The first kappa shape index (κ1) is 27.2. The third-order valence-electron chi connectivity index (χ3n) is 6.04. The van der Waals surface area contributed by atoms with Gasteiger partial charge in [-0.05, 0) is 62.7 Å². The lowest BCUT2D eigenvalue weighted by Gasteiger charge is -2.29. The van der Waals surface area contributed by atoms with Crippen molar-refractivity contribution in [2.24, 2.45) is 0 Å². The number of ether oxygens (including phenoxy) is 1. The lowest BCUT2D eigenvalue weighted by atomic mass is 10.2. The summed E-state index contributed by atoms with van der Waals surface area (Å²) >= 11 is 0. The number of nitrogens with one attached hydrogen (secondary N) is 2. The predicted molar refractivity (Wildman–Crippen MR) is 143 cm³/mol. The Bertz CT molecular complexity index is 1430. The van der Waals surface area contributed by atoms with Gasteiger partial charge in [0.1, 0.15) is 17.4 Å². The maximum atomic E-state index is 14.8. The van der Waals surface area contributed by atoms with E-state index in [1.165, 1.54) is 53.2 Å². The highest BCUT2D eigenvalue weighted by Gasteiger charge is 2.23. The van der Waals surface area contributed by atoms with Gasteiger partial charge in [-0.15, -0.1) is 0 Å². The van der Waals surface area contributed by atoms with Crippen molar-refractivity contribution < 1.29 is 27.9 Å². The van der Waals surface area contributed by atoms with Crippen molar-refractivity contribution in [2.45, 2.75) is 26.3 Å². The van der Waals surface area contributed by atoms with Crippen LogP contribution in [0.3, 0.4) is 0 Å². The molecule has 3 aromatic rings. The SMILES string of the molecule is CC(C)N(/C=C(\C=O)C(=O)Nc1ccc(Oc2ccnc3c2CCN3)c(F)c1)C(=O)N(C)c1ccc(F)cc1. The number of hydrogen-bond donors (Lipinski definition) is 2. The second-order valence-electron chi connectivity index (χ2n) is 9.04. The molecule has 0 aliphatic carbocycles. The molecule has 11 heteroatoms. The molecule has 202 valence electrons. The summed E-state index contributed by atoms with van der Waals surface area (Å²) < 4.78 is 33.9. The number of nitrogens with zero attached hydrogens (tertiary/aromatic N) is 3. The molecule has 2 N–H and O–H groups in total. The molecular weight excluding hydrogens is 508 g/mol. The fraction of sp³-hybridized carbons (Fsp3) is 0.214. The number of fused-ring (bicyclic) bond motifs is 1. The first-order valence-corrected chi connectivity index (χ1v) is 12.2. The fourth-order valence-corrected chi connectivity index (χ4v) is 3.92. The van der Waals surface area contributed by atoms with Gasteiger partial charge in [-0.3, -0.25) is 19.4 Å². The van der Waals surface area contributed by atoms with Crippen LogP contribution in [0.1, 0.15) is 19.4 Å². The Hall–Kier alpha value is -4.80. The molecule has 0 fully saturated rings. The van der Waals surface area contributed by atoms with Crippen molar-refractivity contribution >= 4 is 35.4 Å². The lowest BCUT2D eigenvalue weighted by Crippen LogP contribution is -2.42. The molecule has 1 aliphatic heterocycles. The Kier molecular flexibility index (Phi) is 8.18. The molecule has 39 heavy (non-hydrogen) atoms. The van der Waals surface area contributed by atoms with Crippen molar-refractivity contribution in [1.82, 2.24) is 9.88 Å². The summed E-state index contributed by atoms with van der Waals surface area (Å²) in [5.74, 6) is -0.868. The van der Waals surface area contributed by atoms with Gasteiger partial charge in [0.2, 0.25) is 0 Å². The van der Waals surface area contributed by atoms with E-state index in [0.717, 1.165) is 17.8 Å². The Balaban J connectivity index is 1.48. The third kappa shape index (κ3) is 6.20. The summed E-state index contributed by atoms with van der Waals surface area (Å²) in [5.41, 5.74) is 1.00. The van der Waals surface area contributed by atoms with E-state index in [1.54, 1.807) is 26.1 Å². The van der Waals surface area contributed by atoms with Gasteiger partial charge in [0.05, 0.1) is 5.57 Å². The molecule has 2 aromatic carbocycles. The van der Waals surface area contributed by atoms with E-state index in [2.05, 4.69) is 15.6 Å². The van der Waals surface area contributed by atoms with Gasteiger partial charge in [-0.2, -0.15) is 0 Å². The fourth-order valence-electron chi connectivity index (χ4n) is 3.92. The van der Waals surface area contributed by atoms with Gasteiger partial charge >= 0.3 is 6.03 Å². The second kappa shape index (κ2) is 11.7. The van der Waals surface area contributed by atoms with Crippen LogP contribution >= 0.6 is 0 Å². The summed E-state index contributed by atoms with van der Waals surface area (Å²) in [6.07, 6.45) is 3.70. The summed E-state index contributed by atoms with van der Waals surface area (Å²) in [4.78, 5) is 44.4. The van der Waals surface area contributed by atoms with Crippen LogP contribution in [0.4, 0.5) is 30.8 Å². The third-order valence-corrected chi connectivity index (χ3v) is 6.04. The maximum absolute atomic E-state index is 14.8. The van der Waals surface area contributed by atoms with E-state index in [1.807, 2.05) is 0 Å². The van der Waals surface area contributed by atoms with Crippen LogP contribution < -0.4 is 20.3 Å². The number of amides is 3. The molecule has 4 rings (SSSR count). The van der Waals surface area contributed by atoms with Crippen molar-refractivity contribution in [3.05, 3.63) is 83.7 Å². The summed E-state index contributed by atoms with van der Waals surface area (Å²) in [6, 6.07) is 9.85. The number of carbonyl (C=O) groups excluding carboxylic acids is 3. The minimum atomic E-state index is -0.834. The molecule has 3 amide bonds. The number of anilines is 3. The number of halogens is 2. The number of urea groups is 1. The maximum Gasteiger partial charge on any atom is 0.328 e. The van der Waals surface area contributed by atoms with Gasteiger partial charge in [0, 0.05) is 55.0 Å². The molecule has 0 atom stereocenters. The summed E-state index contributed by atoms with van der Waals surface area (Å²) in [5, 5.41) is 5.59. The van der Waals surface area contributed by atoms with Crippen molar-refractivity contribution in [3.8, 4) is 11.5 Å². The molecule has 0 bridgehead atoms. The molecule has 0 saturated carbocycles. The van der Waals surface area contributed by atoms with Crippen LogP contribution in [-0.2, 0) is 16.0 Å². The molecule has 0 saturated heterocycles. The van der Waals surface area contributed by atoms with Gasteiger partial charge in [0.25, 0.3) is 5.91 Å². The number of aromatic nitrogens is 1. The van der Waals surface area contributed by atoms with Gasteiger partial charge in [0.15, 0.2) is 17.9 Å². The predicted octanol–water partition coefficient (Wildman–Crippen LogP) is 5.11. The largest absolute Gasteiger partial charge is 0.454 e. The van der Waals surface area contributed by atoms with Crippen LogP contribution in [0.25, 0.3) is 0 Å². The van der Waals surface area contributed by atoms with Gasteiger partial charge in [-0.1, -0.05) is 0 Å². The highest BCUT2D eigenvalue weighted by molar-refractivity contribution is 6.16.